The van der Waals surface area contributed by atoms with Crippen LogP contribution in [-0.2, 0) is 11.0 Å². The smallest absolute Gasteiger partial charge is 0.321 e. The maximum absolute atomic E-state index is 13.1. The number of allylic oxidation sites excluding steroid dienone is 1. The third-order valence-electron chi connectivity index (χ3n) is 4.64. The van der Waals surface area contributed by atoms with Gasteiger partial charge >= 0.3 is 6.18 Å². The summed E-state index contributed by atoms with van der Waals surface area (Å²) >= 11 is 0. The lowest BCUT2D eigenvalue weighted by Crippen LogP contribution is -2.14. The van der Waals surface area contributed by atoms with Crippen molar-refractivity contribution in [1.29, 1.82) is 0 Å². The number of benzene rings is 1. The van der Waals surface area contributed by atoms with Crippen LogP contribution in [0.4, 0.5) is 18.9 Å². The SMILES string of the molecule is O=C(C=C(C1CC1)C1CC1)Nc1cc(C(F)(F)F)ccc1-n1cncn1. The molecule has 4 rings (SSSR count). The van der Waals surface area contributed by atoms with E-state index in [-0.39, 0.29) is 5.69 Å². The summed E-state index contributed by atoms with van der Waals surface area (Å²) in [7, 11) is 0. The van der Waals surface area contributed by atoms with Gasteiger partial charge in [0, 0.05) is 6.08 Å². The highest BCUT2D eigenvalue weighted by Gasteiger charge is 2.37. The molecule has 1 heterocycles. The first-order valence-electron chi connectivity index (χ1n) is 8.50. The molecule has 26 heavy (non-hydrogen) atoms. The molecule has 0 unspecified atom stereocenters. The fourth-order valence-electron chi connectivity index (χ4n) is 3.07. The second-order valence-corrected chi connectivity index (χ2v) is 6.75. The number of halogens is 3. The Kier molecular flexibility index (Phi) is 4.05. The van der Waals surface area contributed by atoms with E-state index in [2.05, 4.69) is 15.4 Å². The van der Waals surface area contributed by atoms with Crippen LogP contribution in [0.3, 0.4) is 0 Å². The van der Waals surface area contributed by atoms with Gasteiger partial charge in [-0.2, -0.15) is 18.3 Å². The van der Waals surface area contributed by atoms with Crippen molar-refractivity contribution >= 4 is 11.6 Å². The van der Waals surface area contributed by atoms with Crippen molar-refractivity contribution in [3.05, 3.63) is 48.1 Å². The molecule has 0 atom stereocenters. The lowest BCUT2D eigenvalue weighted by molar-refractivity contribution is -0.137. The van der Waals surface area contributed by atoms with Crippen LogP contribution in [0.5, 0.6) is 0 Å². The summed E-state index contributed by atoms with van der Waals surface area (Å²) in [5, 5.41) is 6.54. The third-order valence-corrected chi connectivity index (χ3v) is 4.64. The van der Waals surface area contributed by atoms with Crippen LogP contribution in [-0.4, -0.2) is 20.7 Å². The molecule has 2 aliphatic carbocycles. The monoisotopic (exact) mass is 362 g/mol. The Bertz CT molecular complexity index is 836. The van der Waals surface area contributed by atoms with Crippen LogP contribution in [0.2, 0.25) is 0 Å². The zero-order valence-electron chi connectivity index (χ0n) is 13.8. The third kappa shape index (κ3) is 3.63. The molecular formula is C18H17F3N4O. The van der Waals surface area contributed by atoms with E-state index in [9.17, 15) is 18.0 Å². The molecule has 1 amide bonds. The van der Waals surface area contributed by atoms with Gasteiger partial charge in [-0.15, -0.1) is 0 Å². The van der Waals surface area contributed by atoms with E-state index < -0.39 is 17.6 Å². The molecule has 1 N–H and O–H groups in total. The predicted molar refractivity (Wildman–Crippen MR) is 88.5 cm³/mol. The maximum atomic E-state index is 13.1. The molecule has 5 nitrogen and oxygen atoms in total. The number of amides is 1. The Labute approximate surface area is 147 Å². The lowest BCUT2D eigenvalue weighted by Gasteiger charge is -2.14. The number of rotatable bonds is 5. The summed E-state index contributed by atoms with van der Waals surface area (Å²) in [5.74, 6) is 0.522. The Morgan fingerprint density at radius 2 is 1.88 bits per heavy atom. The number of carbonyl (C=O) groups is 1. The number of hydrogen-bond donors (Lipinski definition) is 1. The average Bonchev–Trinajstić information content (AvgIpc) is 3.51. The molecule has 2 saturated carbocycles. The van der Waals surface area contributed by atoms with Crippen molar-refractivity contribution in [3.63, 3.8) is 0 Å². The van der Waals surface area contributed by atoms with Gasteiger partial charge in [-0.1, -0.05) is 5.57 Å². The van der Waals surface area contributed by atoms with E-state index >= 15 is 0 Å². The van der Waals surface area contributed by atoms with Gasteiger partial charge < -0.3 is 5.32 Å². The Morgan fingerprint density at radius 3 is 2.42 bits per heavy atom. The molecule has 1 aromatic carbocycles. The van der Waals surface area contributed by atoms with Gasteiger partial charge in [-0.25, -0.2) is 9.67 Å². The van der Waals surface area contributed by atoms with Crippen molar-refractivity contribution in [3.8, 4) is 5.69 Å². The van der Waals surface area contributed by atoms with Crippen molar-refractivity contribution in [2.75, 3.05) is 5.32 Å². The molecule has 2 aromatic rings. The van der Waals surface area contributed by atoms with E-state index in [0.29, 0.717) is 17.5 Å². The fraction of sp³-hybridized carbons (Fsp3) is 0.389. The van der Waals surface area contributed by atoms with E-state index in [1.807, 2.05) is 0 Å². The molecule has 0 spiro atoms. The summed E-state index contributed by atoms with van der Waals surface area (Å²) in [6, 6.07) is 3.17. The summed E-state index contributed by atoms with van der Waals surface area (Å²) in [6.45, 7) is 0. The highest BCUT2D eigenvalue weighted by atomic mass is 19.4. The molecule has 8 heteroatoms. The topological polar surface area (TPSA) is 59.8 Å². The number of aromatic nitrogens is 3. The number of alkyl halides is 3. The number of anilines is 1. The zero-order chi connectivity index (χ0) is 18.3. The van der Waals surface area contributed by atoms with Crippen LogP contribution in [0.25, 0.3) is 5.69 Å². The summed E-state index contributed by atoms with van der Waals surface area (Å²) < 4.78 is 40.5. The van der Waals surface area contributed by atoms with Gasteiger partial charge in [-0.3, -0.25) is 4.79 Å². The molecule has 136 valence electrons. The normalized spacial score (nSPS) is 17.0. The van der Waals surface area contributed by atoms with E-state index in [1.165, 1.54) is 23.4 Å². The first-order chi connectivity index (χ1) is 12.4. The van der Waals surface area contributed by atoms with Crippen molar-refractivity contribution < 1.29 is 18.0 Å². The summed E-state index contributed by atoms with van der Waals surface area (Å²) in [5.41, 5.74) is 0.691. The minimum Gasteiger partial charge on any atom is -0.321 e. The highest BCUT2D eigenvalue weighted by molar-refractivity contribution is 6.01. The molecule has 2 fully saturated rings. The number of nitrogens with zero attached hydrogens (tertiary/aromatic N) is 3. The highest BCUT2D eigenvalue weighted by Crippen LogP contribution is 2.48. The van der Waals surface area contributed by atoms with Crippen molar-refractivity contribution in [1.82, 2.24) is 14.8 Å². The zero-order valence-corrected chi connectivity index (χ0v) is 13.8. The molecule has 0 aliphatic heterocycles. The minimum atomic E-state index is -4.50. The minimum absolute atomic E-state index is 0.0533. The average molecular weight is 362 g/mol. The molecule has 0 bridgehead atoms. The summed E-state index contributed by atoms with van der Waals surface area (Å²) in [6.07, 6.45) is 4.07. The second-order valence-electron chi connectivity index (χ2n) is 6.75. The summed E-state index contributed by atoms with van der Waals surface area (Å²) in [4.78, 5) is 16.3. The molecule has 1 aromatic heterocycles. The molecule has 0 radical (unpaired) electrons. The Balaban J connectivity index is 1.65. The molecule has 0 saturated heterocycles. The Hall–Kier alpha value is -2.64. The van der Waals surface area contributed by atoms with Gasteiger partial charge in [0.1, 0.15) is 12.7 Å². The van der Waals surface area contributed by atoms with Crippen LogP contribution in [0, 0.1) is 11.8 Å². The molecular weight excluding hydrogens is 345 g/mol. The van der Waals surface area contributed by atoms with Gasteiger partial charge in [0.25, 0.3) is 0 Å². The van der Waals surface area contributed by atoms with Gasteiger partial charge in [0.05, 0.1) is 16.9 Å². The second kappa shape index (κ2) is 6.26. The standard InChI is InChI=1S/C18H17F3N4O/c19-18(20,21)13-5-6-16(25-10-22-9-23-25)15(7-13)24-17(26)8-14(11-1-2-11)12-3-4-12/h5-12H,1-4H2,(H,24,26). The van der Waals surface area contributed by atoms with Gasteiger partial charge in [-0.05, 0) is 55.7 Å². The first kappa shape index (κ1) is 16.8. The largest absolute Gasteiger partial charge is 0.416 e. The van der Waals surface area contributed by atoms with Crippen LogP contribution >= 0.6 is 0 Å². The Morgan fingerprint density at radius 1 is 1.19 bits per heavy atom. The maximum Gasteiger partial charge on any atom is 0.416 e. The van der Waals surface area contributed by atoms with E-state index in [1.54, 1.807) is 6.08 Å². The van der Waals surface area contributed by atoms with Crippen LogP contribution < -0.4 is 5.32 Å². The van der Waals surface area contributed by atoms with Crippen molar-refractivity contribution in [2.45, 2.75) is 31.9 Å². The number of carbonyl (C=O) groups excluding carboxylic acids is 1. The van der Waals surface area contributed by atoms with E-state index in [4.69, 9.17) is 0 Å². The quantitative estimate of drug-likeness (QED) is 0.819. The number of hydrogen-bond acceptors (Lipinski definition) is 3. The lowest BCUT2D eigenvalue weighted by atomic mass is 10.1. The van der Waals surface area contributed by atoms with Crippen molar-refractivity contribution in [2.24, 2.45) is 11.8 Å². The number of nitrogens with one attached hydrogen (secondary N) is 1. The van der Waals surface area contributed by atoms with E-state index in [0.717, 1.165) is 43.4 Å². The fourth-order valence-corrected chi connectivity index (χ4v) is 3.07. The van der Waals surface area contributed by atoms with Crippen LogP contribution in [0.1, 0.15) is 31.2 Å². The first-order valence-corrected chi connectivity index (χ1v) is 8.50. The van der Waals surface area contributed by atoms with Gasteiger partial charge in [0.2, 0.25) is 5.91 Å². The van der Waals surface area contributed by atoms with Crippen LogP contribution in [0.15, 0.2) is 42.5 Å². The van der Waals surface area contributed by atoms with Gasteiger partial charge in [0.15, 0.2) is 0 Å². The predicted octanol–water partition coefficient (Wildman–Crippen LogP) is 3.97. The molecule has 2 aliphatic rings.